The van der Waals surface area contributed by atoms with E-state index in [0.29, 0.717) is 0 Å². The van der Waals surface area contributed by atoms with E-state index in [1.165, 1.54) is 11.3 Å². The van der Waals surface area contributed by atoms with E-state index < -0.39 is 16.1 Å². The number of aliphatic hydroxyl groups is 1. The van der Waals surface area contributed by atoms with Crippen LogP contribution >= 0.6 is 22.7 Å². The third-order valence-electron chi connectivity index (χ3n) is 2.83. The summed E-state index contributed by atoms with van der Waals surface area (Å²) in [6.07, 6.45) is -0.637. The lowest BCUT2D eigenvalue weighted by molar-refractivity contribution is 0.224. The van der Waals surface area contributed by atoms with Crippen LogP contribution in [-0.4, -0.2) is 19.3 Å². The van der Waals surface area contributed by atoms with Crippen molar-refractivity contribution in [2.45, 2.75) is 26.5 Å². The van der Waals surface area contributed by atoms with Crippen molar-refractivity contribution in [2.24, 2.45) is 5.92 Å². The quantitative estimate of drug-likeness (QED) is 0.811. The molecule has 2 N–H and O–H groups in total. The monoisotopic (exact) mass is 345 g/mol. The van der Waals surface area contributed by atoms with Gasteiger partial charge in [0, 0.05) is 16.3 Å². The van der Waals surface area contributed by atoms with E-state index >= 15 is 0 Å². The first-order valence-electron chi connectivity index (χ1n) is 6.63. The zero-order valence-electron chi connectivity index (χ0n) is 11.9. The Bertz CT molecular complexity index is 659. The van der Waals surface area contributed by atoms with Gasteiger partial charge < -0.3 is 5.11 Å². The number of sulfonamides is 1. The SMILES string of the molecule is CC(C)CS(=O)(=O)NCc1ccc(C(O)c2ccsc2)s1. The van der Waals surface area contributed by atoms with E-state index in [0.717, 1.165) is 15.3 Å². The lowest BCUT2D eigenvalue weighted by Crippen LogP contribution is -2.27. The molecule has 0 saturated carbocycles. The van der Waals surface area contributed by atoms with E-state index in [1.54, 1.807) is 11.3 Å². The maximum Gasteiger partial charge on any atom is 0.212 e. The molecule has 1 atom stereocenters. The number of hydrogen-bond acceptors (Lipinski definition) is 5. The summed E-state index contributed by atoms with van der Waals surface area (Å²) in [5, 5.41) is 14.1. The Labute approximate surface area is 133 Å². The van der Waals surface area contributed by atoms with Crippen LogP contribution in [0.5, 0.6) is 0 Å². The van der Waals surface area contributed by atoms with Gasteiger partial charge in [-0.05, 0) is 40.4 Å². The fraction of sp³-hybridized carbons (Fsp3) is 0.429. The van der Waals surface area contributed by atoms with Crippen LogP contribution in [0.15, 0.2) is 29.0 Å². The Balaban J connectivity index is 1.98. The molecule has 0 amide bonds. The first kappa shape index (κ1) is 16.6. The predicted molar refractivity (Wildman–Crippen MR) is 88.2 cm³/mol. The van der Waals surface area contributed by atoms with Crippen LogP contribution in [-0.2, 0) is 16.6 Å². The van der Waals surface area contributed by atoms with E-state index in [9.17, 15) is 13.5 Å². The van der Waals surface area contributed by atoms with Crippen LogP contribution in [0.3, 0.4) is 0 Å². The Kier molecular flexibility index (Phi) is 5.56. The van der Waals surface area contributed by atoms with Gasteiger partial charge in [0.05, 0.1) is 5.75 Å². The second-order valence-corrected chi connectivity index (χ2v) is 9.09. The molecule has 0 saturated heterocycles. The first-order chi connectivity index (χ1) is 9.87. The minimum atomic E-state index is -3.24. The van der Waals surface area contributed by atoms with Crippen LogP contribution in [0.4, 0.5) is 0 Å². The molecule has 2 aromatic rings. The average Bonchev–Trinajstić information content (AvgIpc) is 3.06. The molecule has 2 rings (SSSR count). The standard InChI is InChI=1S/C14H19NO3S3/c1-10(2)9-21(17,18)15-7-12-3-4-13(20-12)14(16)11-5-6-19-8-11/h3-6,8,10,14-16H,7,9H2,1-2H3. The lowest BCUT2D eigenvalue weighted by atomic mass is 10.2. The van der Waals surface area contributed by atoms with Gasteiger partial charge in [-0.2, -0.15) is 11.3 Å². The van der Waals surface area contributed by atoms with Crippen LogP contribution < -0.4 is 4.72 Å². The molecule has 0 bridgehead atoms. The predicted octanol–water partition coefficient (Wildman–Crippen LogP) is 2.97. The van der Waals surface area contributed by atoms with Gasteiger partial charge in [-0.25, -0.2) is 13.1 Å². The second kappa shape index (κ2) is 7.02. The van der Waals surface area contributed by atoms with Crippen molar-refractivity contribution >= 4 is 32.7 Å². The van der Waals surface area contributed by atoms with Crippen molar-refractivity contribution < 1.29 is 13.5 Å². The molecule has 4 nitrogen and oxygen atoms in total. The van der Waals surface area contributed by atoms with Gasteiger partial charge in [-0.1, -0.05) is 13.8 Å². The number of rotatable bonds is 7. The van der Waals surface area contributed by atoms with Gasteiger partial charge in [-0.3, -0.25) is 0 Å². The molecule has 21 heavy (non-hydrogen) atoms. The third kappa shape index (κ3) is 4.89. The van der Waals surface area contributed by atoms with Crippen LogP contribution in [0.2, 0.25) is 0 Å². The number of thiophene rings is 2. The normalized spacial score (nSPS) is 13.7. The molecular formula is C14H19NO3S3. The van der Waals surface area contributed by atoms with Crippen molar-refractivity contribution in [2.75, 3.05) is 5.75 Å². The van der Waals surface area contributed by atoms with Crippen LogP contribution in [0.1, 0.15) is 35.3 Å². The lowest BCUT2D eigenvalue weighted by Gasteiger charge is -2.08. The maximum absolute atomic E-state index is 11.8. The van der Waals surface area contributed by atoms with Gasteiger partial charge in [0.25, 0.3) is 0 Å². The van der Waals surface area contributed by atoms with Gasteiger partial charge in [0.2, 0.25) is 10.0 Å². The largest absolute Gasteiger partial charge is 0.383 e. The number of aliphatic hydroxyl groups excluding tert-OH is 1. The smallest absolute Gasteiger partial charge is 0.212 e. The molecule has 0 aliphatic rings. The Morgan fingerprint density at radius 2 is 2.05 bits per heavy atom. The molecule has 7 heteroatoms. The molecule has 0 radical (unpaired) electrons. The second-order valence-electron chi connectivity index (χ2n) is 5.26. The van der Waals surface area contributed by atoms with Gasteiger partial charge in [0.15, 0.2) is 0 Å². The van der Waals surface area contributed by atoms with Crippen molar-refractivity contribution in [3.8, 4) is 0 Å². The third-order valence-corrected chi connectivity index (χ3v) is 6.36. The average molecular weight is 346 g/mol. The summed E-state index contributed by atoms with van der Waals surface area (Å²) in [4.78, 5) is 1.72. The van der Waals surface area contributed by atoms with Gasteiger partial charge in [0.1, 0.15) is 6.10 Å². The van der Waals surface area contributed by atoms with Gasteiger partial charge >= 0.3 is 0 Å². The highest BCUT2D eigenvalue weighted by molar-refractivity contribution is 7.89. The summed E-state index contributed by atoms with van der Waals surface area (Å²) in [5.74, 6) is 0.227. The highest BCUT2D eigenvalue weighted by Gasteiger charge is 2.15. The highest BCUT2D eigenvalue weighted by Crippen LogP contribution is 2.29. The summed E-state index contributed by atoms with van der Waals surface area (Å²) in [6, 6.07) is 5.59. The number of nitrogens with one attached hydrogen (secondary N) is 1. The minimum Gasteiger partial charge on any atom is -0.383 e. The van der Waals surface area contributed by atoms with Crippen LogP contribution in [0, 0.1) is 5.92 Å². The summed E-state index contributed by atoms with van der Waals surface area (Å²) in [6.45, 7) is 4.02. The summed E-state index contributed by atoms with van der Waals surface area (Å²) < 4.78 is 26.2. The number of hydrogen-bond donors (Lipinski definition) is 2. The van der Waals surface area contributed by atoms with Crippen molar-refractivity contribution in [3.63, 3.8) is 0 Å². The van der Waals surface area contributed by atoms with E-state index in [2.05, 4.69) is 4.72 Å². The molecule has 0 spiro atoms. The van der Waals surface area contributed by atoms with E-state index in [-0.39, 0.29) is 18.2 Å². The molecule has 2 aromatic heterocycles. The summed E-state index contributed by atoms with van der Waals surface area (Å²) in [7, 11) is -3.24. The molecule has 0 aliphatic carbocycles. The Morgan fingerprint density at radius 1 is 1.29 bits per heavy atom. The fourth-order valence-electron chi connectivity index (χ4n) is 1.91. The molecule has 0 fully saturated rings. The zero-order valence-corrected chi connectivity index (χ0v) is 14.4. The minimum absolute atomic E-state index is 0.0989. The molecule has 1 unspecified atom stereocenters. The first-order valence-corrected chi connectivity index (χ1v) is 10.0. The van der Waals surface area contributed by atoms with Gasteiger partial charge in [-0.15, -0.1) is 11.3 Å². The van der Waals surface area contributed by atoms with Crippen LogP contribution in [0.25, 0.3) is 0 Å². The van der Waals surface area contributed by atoms with Crippen molar-refractivity contribution in [1.29, 1.82) is 0 Å². The maximum atomic E-state index is 11.8. The van der Waals surface area contributed by atoms with Crippen molar-refractivity contribution in [1.82, 2.24) is 4.72 Å². The molecule has 0 aromatic carbocycles. The Hall–Kier alpha value is -0.730. The molecule has 0 aliphatic heterocycles. The fourth-order valence-corrected chi connectivity index (χ4v) is 5.02. The van der Waals surface area contributed by atoms with E-state index in [4.69, 9.17) is 0 Å². The van der Waals surface area contributed by atoms with E-state index in [1.807, 2.05) is 42.8 Å². The Morgan fingerprint density at radius 3 is 2.67 bits per heavy atom. The molecule has 116 valence electrons. The summed E-state index contributed by atoms with van der Waals surface area (Å²) >= 11 is 2.97. The summed E-state index contributed by atoms with van der Waals surface area (Å²) in [5.41, 5.74) is 0.869. The van der Waals surface area contributed by atoms with Crippen molar-refractivity contribution in [3.05, 3.63) is 44.3 Å². The molecular weight excluding hydrogens is 326 g/mol. The zero-order chi connectivity index (χ0) is 15.5. The topological polar surface area (TPSA) is 66.4 Å². The highest BCUT2D eigenvalue weighted by atomic mass is 32.2. The molecule has 2 heterocycles.